The van der Waals surface area contributed by atoms with Crippen molar-refractivity contribution < 1.29 is 4.74 Å². The standard InChI is InChI=1S/C14H24N4O/c1-9(2)19-13-8-10(3)16-14(18-13)17-12-6-4-11(15)5-7-12/h8-9,11-12H,4-7,15H2,1-3H3,(H,16,17,18). The van der Waals surface area contributed by atoms with Crippen LogP contribution in [-0.4, -0.2) is 28.2 Å². The molecule has 1 fully saturated rings. The van der Waals surface area contributed by atoms with Gasteiger partial charge in [0.05, 0.1) is 6.10 Å². The monoisotopic (exact) mass is 264 g/mol. The van der Waals surface area contributed by atoms with E-state index in [1.165, 1.54) is 0 Å². The number of rotatable bonds is 4. The second kappa shape index (κ2) is 6.19. The van der Waals surface area contributed by atoms with Gasteiger partial charge in [0.25, 0.3) is 0 Å². The first-order valence-corrected chi connectivity index (χ1v) is 7.07. The van der Waals surface area contributed by atoms with Crippen molar-refractivity contribution in [2.75, 3.05) is 5.32 Å². The molecule has 2 rings (SSSR count). The maximum atomic E-state index is 5.91. The minimum absolute atomic E-state index is 0.120. The summed E-state index contributed by atoms with van der Waals surface area (Å²) >= 11 is 0. The van der Waals surface area contributed by atoms with Crippen LogP contribution in [0.2, 0.25) is 0 Å². The van der Waals surface area contributed by atoms with Crippen LogP contribution < -0.4 is 15.8 Å². The molecule has 0 bridgehead atoms. The van der Waals surface area contributed by atoms with Gasteiger partial charge in [-0.25, -0.2) is 4.98 Å². The molecule has 3 N–H and O–H groups in total. The van der Waals surface area contributed by atoms with Crippen molar-refractivity contribution in [1.82, 2.24) is 9.97 Å². The Hall–Kier alpha value is -1.36. The van der Waals surface area contributed by atoms with E-state index in [-0.39, 0.29) is 6.10 Å². The maximum Gasteiger partial charge on any atom is 0.226 e. The maximum absolute atomic E-state index is 5.91. The molecule has 0 atom stereocenters. The van der Waals surface area contributed by atoms with Gasteiger partial charge in [-0.05, 0) is 46.5 Å². The Morgan fingerprint density at radius 2 is 1.95 bits per heavy atom. The number of nitrogens with zero attached hydrogens (tertiary/aromatic N) is 2. The first-order valence-electron chi connectivity index (χ1n) is 7.07. The van der Waals surface area contributed by atoms with E-state index in [1.54, 1.807) is 0 Å². The van der Waals surface area contributed by atoms with Gasteiger partial charge in [0, 0.05) is 23.8 Å². The topological polar surface area (TPSA) is 73.1 Å². The summed E-state index contributed by atoms with van der Waals surface area (Å²) in [5.74, 6) is 1.30. The quantitative estimate of drug-likeness (QED) is 0.872. The highest BCUT2D eigenvalue weighted by Crippen LogP contribution is 2.21. The highest BCUT2D eigenvalue weighted by atomic mass is 16.5. The van der Waals surface area contributed by atoms with E-state index in [0.29, 0.717) is 23.9 Å². The van der Waals surface area contributed by atoms with Crippen LogP contribution in [0.3, 0.4) is 0 Å². The molecule has 1 saturated carbocycles. The molecule has 1 aromatic rings. The number of hydrogen-bond acceptors (Lipinski definition) is 5. The van der Waals surface area contributed by atoms with Gasteiger partial charge in [0.15, 0.2) is 0 Å². The summed E-state index contributed by atoms with van der Waals surface area (Å²) in [5, 5.41) is 3.40. The fourth-order valence-corrected chi connectivity index (χ4v) is 2.35. The second-order valence-electron chi connectivity index (χ2n) is 5.59. The van der Waals surface area contributed by atoms with Gasteiger partial charge in [-0.1, -0.05) is 0 Å². The summed E-state index contributed by atoms with van der Waals surface area (Å²) in [6.07, 6.45) is 4.42. The first-order chi connectivity index (χ1) is 9.02. The molecule has 1 heterocycles. The van der Waals surface area contributed by atoms with E-state index in [2.05, 4.69) is 15.3 Å². The van der Waals surface area contributed by atoms with Crippen molar-refractivity contribution >= 4 is 5.95 Å². The van der Waals surface area contributed by atoms with Crippen LogP contribution in [0.1, 0.15) is 45.2 Å². The minimum atomic E-state index is 0.120. The smallest absolute Gasteiger partial charge is 0.226 e. The average Bonchev–Trinajstić information content (AvgIpc) is 2.30. The van der Waals surface area contributed by atoms with E-state index >= 15 is 0 Å². The number of hydrogen-bond donors (Lipinski definition) is 2. The highest BCUT2D eigenvalue weighted by Gasteiger charge is 2.19. The summed E-state index contributed by atoms with van der Waals surface area (Å²) in [7, 11) is 0. The molecule has 0 spiro atoms. The van der Waals surface area contributed by atoms with E-state index in [9.17, 15) is 0 Å². The summed E-state index contributed by atoms with van der Waals surface area (Å²) in [6.45, 7) is 5.94. The number of aryl methyl sites for hydroxylation is 1. The van der Waals surface area contributed by atoms with Crippen molar-refractivity contribution in [3.63, 3.8) is 0 Å². The van der Waals surface area contributed by atoms with E-state index < -0.39 is 0 Å². The zero-order valence-electron chi connectivity index (χ0n) is 12.0. The molecule has 1 aromatic heterocycles. The van der Waals surface area contributed by atoms with Gasteiger partial charge in [0.1, 0.15) is 0 Å². The second-order valence-corrected chi connectivity index (χ2v) is 5.59. The summed E-state index contributed by atoms with van der Waals surface area (Å²) in [5.41, 5.74) is 6.83. The number of nitrogens with one attached hydrogen (secondary N) is 1. The predicted octanol–water partition coefficient (Wildman–Crippen LogP) is 2.25. The zero-order chi connectivity index (χ0) is 13.8. The Morgan fingerprint density at radius 1 is 1.26 bits per heavy atom. The average molecular weight is 264 g/mol. The van der Waals surface area contributed by atoms with Crippen LogP contribution in [0.5, 0.6) is 5.88 Å². The molecule has 1 aliphatic rings. The van der Waals surface area contributed by atoms with Crippen LogP contribution in [0.4, 0.5) is 5.95 Å². The lowest BCUT2D eigenvalue weighted by molar-refractivity contribution is 0.232. The van der Waals surface area contributed by atoms with Crippen molar-refractivity contribution in [3.05, 3.63) is 11.8 Å². The largest absolute Gasteiger partial charge is 0.475 e. The molecule has 0 aliphatic heterocycles. The number of ether oxygens (including phenoxy) is 1. The number of aromatic nitrogens is 2. The van der Waals surface area contributed by atoms with Crippen molar-refractivity contribution in [3.8, 4) is 5.88 Å². The molecule has 1 aliphatic carbocycles. The molecule has 19 heavy (non-hydrogen) atoms. The van der Waals surface area contributed by atoms with Crippen LogP contribution in [-0.2, 0) is 0 Å². The molecule has 0 saturated heterocycles. The number of anilines is 1. The van der Waals surface area contributed by atoms with Gasteiger partial charge in [-0.2, -0.15) is 4.98 Å². The Balaban J connectivity index is 2.01. The summed E-state index contributed by atoms with van der Waals surface area (Å²) in [4.78, 5) is 8.83. The van der Waals surface area contributed by atoms with Gasteiger partial charge < -0.3 is 15.8 Å². The van der Waals surface area contributed by atoms with Crippen molar-refractivity contribution in [2.45, 2.75) is 64.6 Å². The van der Waals surface area contributed by atoms with E-state index in [4.69, 9.17) is 10.5 Å². The third-order valence-electron chi connectivity index (χ3n) is 3.29. The molecule has 0 unspecified atom stereocenters. The van der Waals surface area contributed by atoms with Crippen molar-refractivity contribution in [1.29, 1.82) is 0 Å². The summed E-state index contributed by atoms with van der Waals surface area (Å²) in [6, 6.07) is 2.65. The molecule has 5 heteroatoms. The lowest BCUT2D eigenvalue weighted by atomic mass is 9.92. The SMILES string of the molecule is Cc1cc(OC(C)C)nc(NC2CCC(N)CC2)n1. The molecule has 0 radical (unpaired) electrons. The Bertz CT molecular complexity index is 414. The first kappa shape index (κ1) is 14.1. The van der Waals surface area contributed by atoms with Crippen LogP contribution in [0.25, 0.3) is 0 Å². The Morgan fingerprint density at radius 3 is 2.58 bits per heavy atom. The van der Waals surface area contributed by atoms with Crippen LogP contribution in [0.15, 0.2) is 6.07 Å². The molecule has 0 amide bonds. The molecule has 106 valence electrons. The van der Waals surface area contributed by atoms with Crippen LogP contribution in [0, 0.1) is 6.92 Å². The third kappa shape index (κ3) is 4.35. The van der Waals surface area contributed by atoms with Gasteiger partial charge in [-0.15, -0.1) is 0 Å². The minimum Gasteiger partial charge on any atom is -0.475 e. The van der Waals surface area contributed by atoms with Gasteiger partial charge >= 0.3 is 0 Å². The van der Waals surface area contributed by atoms with Crippen molar-refractivity contribution in [2.24, 2.45) is 5.73 Å². The third-order valence-corrected chi connectivity index (χ3v) is 3.29. The molecule has 0 aromatic carbocycles. The molecular formula is C14H24N4O. The van der Waals surface area contributed by atoms with Crippen LogP contribution >= 0.6 is 0 Å². The lowest BCUT2D eigenvalue weighted by Crippen LogP contribution is -2.33. The molecular weight excluding hydrogens is 240 g/mol. The fourth-order valence-electron chi connectivity index (χ4n) is 2.35. The summed E-state index contributed by atoms with van der Waals surface area (Å²) < 4.78 is 5.63. The zero-order valence-corrected chi connectivity index (χ0v) is 12.0. The predicted molar refractivity (Wildman–Crippen MR) is 76.4 cm³/mol. The van der Waals surface area contributed by atoms with Gasteiger partial charge in [0.2, 0.25) is 11.8 Å². The molecule has 5 nitrogen and oxygen atoms in total. The number of nitrogens with two attached hydrogens (primary N) is 1. The normalized spacial score (nSPS) is 23.4. The lowest BCUT2D eigenvalue weighted by Gasteiger charge is -2.26. The van der Waals surface area contributed by atoms with E-state index in [1.807, 2.05) is 26.8 Å². The highest BCUT2D eigenvalue weighted by molar-refractivity contribution is 5.32. The van der Waals surface area contributed by atoms with E-state index in [0.717, 1.165) is 31.4 Å². The Kier molecular flexibility index (Phi) is 4.58. The Labute approximate surface area is 115 Å². The van der Waals surface area contributed by atoms with Gasteiger partial charge in [-0.3, -0.25) is 0 Å². The fraction of sp³-hybridized carbons (Fsp3) is 0.714.